The minimum absolute atomic E-state index is 0.0397. The van der Waals surface area contributed by atoms with Crippen LogP contribution in [-0.4, -0.2) is 68.2 Å². The van der Waals surface area contributed by atoms with Gasteiger partial charge < -0.3 is 14.6 Å². The van der Waals surface area contributed by atoms with E-state index in [0.29, 0.717) is 102 Å². The molecule has 0 bridgehead atoms. The van der Waals surface area contributed by atoms with E-state index in [-0.39, 0.29) is 16.8 Å². The number of oxazole rings is 1. The van der Waals surface area contributed by atoms with Gasteiger partial charge in [0.15, 0.2) is 5.58 Å². The van der Waals surface area contributed by atoms with E-state index in [9.17, 15) is 33.4 Å². The SMILES string of the molecule is Cc1cc(/C=C/c2nccc(-c3cccc(-c4nc5cc(CN6CCC(C(=O)O)C6)cc(Cl)c5o4)c3C)c2C#N)c(C(F)(F)F)cc1CN1CC[C@@H](O)C1. The Morgan fingerprint density at radius 3 is 2.50 bits per heavy atom. The molecular weight excluding hydrogens is 719 g/mol. The summed E-state index contributed by atoms with van der Waals surface area (Å²) in [6.45, 7) is 6.66. The zero-order valence-electron chi connectivity index (χ0n) is 29.6. The van der Waals surface area contributed by atoms with E-state index in [1.54, 1.807) is 19.1 Å². The van der Waals surface area contributed by atoms with Gasteiger partial charge in [0, 0.05) is 50.0 Å². The molecule has 0 aliphatic carbocycles. The van der Waals surface area contributed by atoms with Crippen LogP contribution in [0.25, 0.3) is 45.8 Å². The zero-order chi connectivity index (χ0) is 38.3. The van der Waals surface area contributed by atoms with Crippen molar-refractivity contribution < 1.29 is 32.6 Å². The Labute approximate surface area is 314 Å². The summed E-state index contributed by atoms with van der Waals surface area (Å²) in [6.07, 6.45) is 0.396. The van der Waals surface area contributed by atoms with Gasteiger partial charge in [-0.1, -0.05) is 35.9 Å². The third kappa shape index (κ3) is 7.63. The van der Waals surface area contributed by atoms with Gasteiger partial charge in [-0.05, 0) is 103 Å². The Balaban J connectivity index is 1.18. The van der Waals surface area contributed by atoms with Crippen LogP contribution in [0.5, 0.6) is 0 Å². The number of hydrogen-bond acceptors (Lipinski definition) is 8. The molecule has 2 aromatic heterocycles. The van der Waals surface area contributed by atoms with E-state index in [0.717, 1.165) is 11.1 Å². The van der Waals surface area contributed by atoms with Crippen molar-refractivity contribution in [3.8, 4) is 28.7 Å². The lowest BCUT2D eigenvalue weighted by molar-refractivity contribution is -0.141. The van der Waals surface area contributed by atoms with E-state index in [1.165, 1.54) is 30.5 Å². The minimum atomic E-state index is -4.62. The van der Waals surface area contributed by atoms with Crippen LogP contribution in [0.1, 0.15) is 57.5 Å². The molecule has 0 amide bonds. The molecule has 3 aromatic carbocycles. The molecule has 0 radical (unpaired) electrons. The number of rotatable bonds is 9. The predicted molar refractivity (Wildman–Crippen MR) is 199 cm³/mol. The smallest absolute Gasteiger partial charge is 0.416 e. The van der Waals surface area contributed by atoms with E-state index >= 15 is 0 Å². The standard InChI is InChI=1S/C41H37ClF3N5O4/c1-23-14-26(34(41(43,44)45)17-28(23)21-50-13-10-29(51)22-50)6-7-36-33(18-46)32(8-11-47-36)30-4-3-5-31(24(30)2)39-48-37-16-25(15-35(42)38(37)54-39)19-49-12-9-27(20-49)40(52)53/h3-8,11,14-17,27,29,51H,9-10,12-13,19-22H2,1-2H3,(H,52,53)/b7-6+/t27?,29-/m1/s1. The molecule has 0 saturated carbocycles. The van der Waals surface area contributed by atoms with Gasteiger partial charge in [0.1, 0.15) is 11.6 Å². The van der Waals surface area contributed by atoms with Gasteiger partial charge in [-0.15, -0.1) is 0 Å². The number of pyridine rings is 1. The predicted octanol–water partition coefficient (Wildman–Crippen LogP) is 8.36. The highest BCUT2D eigenvalue weighted by molar-refractivity contribution is 6.34. The number of alkyl halides is 3. The number of aliphatic hydroxyl groups excluding tert-OH is 1. The number of halogens is 4. The molecule has 7 rings (SSSR count). The summed E-state index contributed by atoms with van der Waals surface area (Å²) >= 11 is 6.65. The number of likely N-dealkylation sites (tertiary alicyclic amines) is 2. The van der Waals surface area contributed by atoms with Crippen LogP contribution in [-0.2, 0) is 24.1 Å². The lowest BCUT2D eigenvalue weighted by Gasteiger charge is -2.20. The summed E-state index contributed by atoms with van der Waals surface area (Å²) in [4.78, 5) is 24.6. The number of aromatic nitrogens is 2. The first-order valence-corrected chi connectivity index (χ1v) is 18.0. The van der Waals surface area contributed by atoms with Crippen molar-refractivity contribution in [2.24, 2.45) is 5.92 Å². The fraction of sp³-hybridized carbons (Fsp3) is 0.317. The molecule has 2 fully saturated rings. The molecule has 0 spiro atoms. The van der Waals surface area contributed by atoms with Crippen LogP contribution < -0.4 is 0 Å². The van der Waals surface area contributed by atoms with E-state index in [2.05, 4.69) is 16.0 Å². The number of β-amino-alcohol motifs (C(OH)–C–C–N with tert-alkyl or cyclic N) is 1. The summed E-state index contributed by atoms with van der Waals surface area (Å²) in [6, 6.07) is 15.8. The molecule has 2 saturated heterocycles. The Morgan fingerprint density at radius 2 is 1.80 bits per heavy atom. The van der Waals surface area contributed by atoms with Gasteiger partial charge >= 0.3 is 12.1 Å². The van der Waals surface area contributed by atoms with Crippen molar-refractivity contribution in [2.45, 2.75) is 52.1 Å². The molecule has 13 heteroatoms. The number of fused-ring (bicyclic) bond motifs is 1. The third-order valence-electron chi connectivity index (χ3n) is 10.4. The number of nitrogens with zero attached hydrogens (tertiary/aromatic N) is 5. The van der Waals surface area contributed by atoms with Gasteiger partial charge in [0.25, 0.3) is 0 Å². The van der Waals surface area contributed by atoms with Crippen LogP contribution in [0.4, 0.5) is 13.2 Å². The Hall–Kier alpha value is -5.06. The highest BCUT2D eigenvalue weighted by Crippen LogP contribution is 2.38. The number of carboxylic acids is 1. The molecule has 54 heavy (non-hydrogen) atoms. The van der Waals surface area contributed by atoms with Crippen LogP contribution in [0.2, 0.25) is 5.02 Å². The maximum atomic E-state index is 14.3. The number of carboxylic acid groups (broad SMARTS) is 1. The largest absolute Gasteiger partial charge is 0.481 e. The minimum Gasteiger partial charge on any atom is -0.481 e. The third-order valence-corrected chi connectivity index (χ3v) is 10.6. The molecule has 5 aromatic rings. The highest BCUT2D eigenvalue weighted by atomic mass is 35.5. The summed E-state index contributed by atoms with van der Waals surface area (Å²) in [5.74, 6) is -0.862. The second kappa shape index (κ2) is 15.0. The lowest BCUT2D eigenvalue weighted by atomic mass is 9.92. The quantitative estimate of drug-likeness (QED) is 0.153. The number of carbonyl (C=O) groups is 1. The molecule has 2 aliphatic heterocycles. The second-order valence-corrected chi connectivity index (χ2v) is 14.5. The summed E-state index contributed by atoms with van der Waals surface area (Å²) in [7, 11) is 0. The Kier molecular flexibility index (Phi) is 10.3. The molecule has 2 aliphatic rings. The molecular formula is C41H37ClF3N5O4. The molecule has 1 unspecified atom stereocenters. The molecule has 2 N–H and O–H groups in total. The second-order valence-electron chi connectivity index (χ2n) is 14.1. The average molecular weight is 756 g/mol. The molecule has 4 heterocycles. The first-order valence-electron chi connectivity index (χ1n) is 17.6. The van der Waals surface area contributed by atoms with Crippen molar-refractivity contribution in [1.29, 1.82) is 5.26 Å². The number of aryl methyl sites for hydroxylation is 1. The Bertz CT molecular complexity index is 2330. The van der Waals surface area contributed by atoms with Crippen molar-refractivity contribution in [1.82, 2.24) is 19.8 Å². The molecule has 278 valence electrons. The van der Waals surface area contributed by atoms with E-state index in [4.69, 9.17) is 21.0 Å². The fourth-order valence-electron chi connectivity index (χ4n) is 7.49. The monoisotopic (exact) mass is 755 g/mol. The lowest BCUT2D eigenvalue weighted by Crippen LogP contribution is -2.22. The first kappa shape index (κ1) is 37.3. The maximum absolute atomic E-state index is 14.3. The van der Waals surface area contributed by atoms with Gasteiger partial charge in [-0.2, -0.15) is 18.4 Å². The molecule has 9 nitrogen and oxygen atoms in total. The van der Waals surface area contributed by atoms with Crippen molar-refractivity contribution in [3.63, 3.8) is 0 Å². The number of aliphatic carboxylic acids is 1. The molecule has 2 atom stereocenters. The number of benzene rings is 3. The number of hydrogen-bond donors (Lipinski definition) is 2. The van der Waals surface area contributed by atoms with Crippen molar-refractivity contribution >= 4 is 40.8 Å². The highest BCUT2D eigenvalue weighted by Gasteiger charge is 2.34. The normalized spacial score (nSPS) is 18.3. The van der Waals surface area contributed by atoms with Gasteiger partial charge in [-0.25, -0.2) is 4.98 Å². The fourth-order valence-corrected chi connectivity index (χ4v) is 7.76. The van der Waals surface area contributed by atoms with E-state index < -0.39 is 29.7 Å². The summed E-state index contributed by atoms with van der Waals surface area (Å²) in [5, 5.41) is 30.0. The van der Waals surface area contributed by atoms with Gasteiger partial charge in [0.2, 0.25) is 5.89 Å². The van der Waals surface area contributed by atoms with Crippen LogP contribution >= 0.6 is 11.6 Å². The maximum Gasteiger partial charge on any atom is 0.416 e. The topological polar surface area (TPSA) is 127 Å². The van der Waals surface area contributed by atoms with Gasteiger partial charge in [-0.3, -0.25) is 19.6 Å². The average Bonchev–Trinajstić information content (AvgIpc) is 3.88. The Morgan fingerprint density at radius 1 is 1.04 bits per heavy atom. The van der Waals surface area contributed by atoms with Crippen LogP contribution in [0.15, 0.2) is 59.1 Å². The van der Waals surface area contributed by atoms with Crippen LogP contribution in [0, 0.1) is 31.1 Å². The number of nitriles is 1. The zero-order valence-corrected chi connectivity index (χ0v) is 30.4. The van der Waals surface area contributed by atoms with Gasteiger partial charge in [0.05, 0.1) is 33.9 Å². The first-order chi connectivity index (χ1) is 25.8. The van der Waals surface area contributed by atoms with Crippen LogP contribution in [0.3, 0.4) is 0 Å². The van der Waals surface area contributed by atoms with Crippen molar-refractivity contribution in [2.75, 3.05) is 26.2 Å². The van der Waals surface area contributed by atoms with E-state index in [1.807, 2.05) is 36.1 Å². The summed E-state index contributed by atoms with van der Waals surface area (Å²) in [5.41, 5.74) is 5.33. The number of aliphatic hydroxyl groups is 1. The van der Waals surface area contributed by atoms with Crippen molar-refractivity contribution in [3.05, 3.63) is 104 Å². The summed E-state index contributed by atoms with van der Waals surface area (Å²) < 4.78 is 49.2.